The fourth-order valence-corrected chi connectivity index (χ4v) is 4.92. The van der Waals surface area contributed by atoms with Crippen molar-refractivity contribution in [2.45, 2.75) is 44.6 Å². The molecule has 0 atom stereocenters. The van der Waals surface area contributed by atoms with Crippen molar-refractivity contribution in [3.8, 4) is 0 Å². The van der Waals surface area contributed by atoms with Crippen molar-refractivity contribution in [1.82, 2.24) is 14.5 Å². The Balaban J connectivity index is 1.75. The standard InChI is InChI=1S/C21H27N3O2S2/c1-3-28(25,26)21-22-14-20(16-23(2)15-19-11-13-27-17-19)24(21)12-7-10-18-8-5-4-6-9-18/h4-6,8-9,11,13-14,17H,3,7,10,12,15-16H2,1-2H3. The largest absolute Gasteiger partial charge is 0.318 e. The first-order chi connectivity index (χ1) is 13.5. The molecule has 1 aromatic carbocycles. The minimum absolute atomic E-state index is 0.0624. The molecule has 7 heteroatoms. The summed E-state index contributed by atoms with van der Waals surface area (Å²) < 4.78 is 26.9. The normalized spacial score (nSPS) is 12.0. The molecule has 0 N–H and O–H groups in total. The highest BCUT2D eigenvalue weighted by Crippen LogP contribution is 2.18. The third-order valence-electron chi connectivity index (χ3n) is 4.71. The molecule has 0 aliphatic heterocycles. The number of hydrogen-bond acceptors (Lipinski definition) is 5. The van der Waals surface area contributed by atoms with Crippen LogP contribution < -0.4 is 0 Å². The van der Waals surface area contributed by atoms with E-state index in [9.17, 15) is 8.42 Å². The molecule has 28 heavy (non-hydrogen) atoms. The van der Waals surface area contributed by atoms with Crippen molar-refractivity contribution in [3.05, 3.63) is 70.2 Å². The molecule has 3 rings (SSSR count). The van der Waals surface area contributed by atoms with Crippen LogP contribution in [0.25, 0.3) is 0 Å². The van der Waals surface area contributed by atoms with E-state index in [1.807, 2.05) is 29.8 Å². The Kier molecular flexibility index (Phi) is 7.04. The SMILES string of the molecule is CCS(=O)(=O)c1ncc(CN(C)Cc2ccsc2)n1CCCc1ccccc1. The lowest BCUT2D eigenvalue weighted by Crippen LogP contribution is -2.21. The lowest BCUT2D eigenvalue weighted by molar-refractivity contribution is 0.307. The number of rotatable bonds is 10. The van der Waals surface area contributed by atoms with E-state index >= 15 is 0 Å². The topological polar surface area (TPSA) is 55.2 Å². The van der Waals surface area contributed by atoms with Gasteiger partial charge < -0.3 is 4.57 Å². The van der Waals surface area contributed by atoms with Crippen LogP contribution in [0.4, 0.5) is 0 Å². The Morgan fingerprint density at radius 2 is 1.89 bits per heavy atom. The van der Waals surface area contributed by atoms with Crippen molar-refractivity contribution in [1.29, 1.82) is 0 Å². The zero-order chi connectivity index (χ0) is 20.0. The van der Waals surface area contributed by atoms with E-state index in [-0.39, 0.29) is 10.9 Å². The maximum atomic E-state index is 12.5. The summed E-state index contributed by atoms with van der Waals surface area (Å²) in [6.45, 7) is 3.80. The average Bonchev–Trinajstić information content (AvgIpc) is 3.33. The second-order valence-electron chi connectivity index (χ2n) is 6.98. The Hall–Kier alpha value is -1.96. The molecule has 2 aromatic heterocycles. The maximum Gasteiger partial charge on any atom is 0.227 e. The van der Waals surface area contributed by atoms with Crippen molar-refractivity contribution in [3.63, 3.8) is 0 Å². The van der Waals surface area contributed by atoms with Crippen LogP contribution in [0.15, 0.2) is 58.5 Å². The molecule has 0 saturated heterocycles. The molecule has 2 heterocycles. The lowest BCUT2D eigenvalue weighted by atomic mass is 10.1. The van der Waals surface area contributed by atoms with Gasteiger partial charge in [0, 0.05) is 19.6 Å². The number of nitrogens with zero attached hydrogens (tertiary/aromatic N) is 3. The molecular weight excluding hydrogens is 390 g/mol. The molecule has 0 aliphatic carbocycles. The van der Waals surface area contributed by atoms with Gasteiger partial charge in [-0.2, -0.15) is 11.3 Å². The van der Waals surface area contributed by atoms with Gasteiger partial charge in [0.1, 0.15) is 0 Å². The summed E-state index contributed by atoms with van der Waals surface area (Å²) in [4.78, 5) is 6.47. The Morgan fingerprint density at radius 1 is 1.11 bits per heavy atom. The highest BCUT2D eigenvalue weighted by Gasteiger charge is 2.22. The molecule has 0 spiro atoms. The second-order valence-corrected chi connectivity index (χ2v) is 9.93. The average molecular weight is 418 g/mol. The number of benzene rings is 1. The minimum atomic E-state index is -3.35. The molecule has 0 radical (unpaired) electrons. The first-order valence-corrected chi connectivity index (χ1v) is 12.1. The summed E-state index contributed by atoms with van der Waals surface area (Å²) >= 11 is 1.69. The number of hydrogen-bond donors (Lipinski definition) is 0. The lowest BCUT2D eigenvalue weighted by Gasteiger charge is -2.18. The van der Waals surface area contributed by atoms with Gasteiger partial charge in [-0.05, 0) is 47.8 Å². The number of thiophene rings is 1. The molecule has 0 bridgehead atoms. The smallest absolute Gasteiger partial charge is 0.227 e. The third kappa shape index (κ3) is 5.31. The first kappa shape index (κ1) is 20.8. The summed E-state index contributed by atoms with van der Waals surface area (Å²) in [7, 11) is -1.31. The summed E-state index contributed by atoms with van der Waals surface area (Å²) in [6, 6.07) is 12.4. The van der Waals surface area contributed by atoms with E-state index in [2.05, 4.69) is 38.8 Å². The Morgan fingerprint density at radius 3 is 2.57 bits per heavy atom. The van der Waals surface area contributed by atoms with Crippen LogP contribution in [-0.2, 0) is 35.9 Å². The van der Waals surface area contributed by atoms with Crippen LogP contribution in [0.2, 0.25) is 0 Å². The van der Waals surface area contributed by atoms with Gasteiger partial charge in [0.05, 0.1) is 17.6 Å². The fraction of sp³-hybridized carbons (Fsp3) is 0.381. The van der Waals surface area contributed by atoms with Crippen LogP contribution >= 0.6 is 11.3 Å². The first-order valence-electron chi connectivity index (χ1n) is 9.50. The van der Waals surface area contributed by atoms with Gasteiger partial charge in [0.25, 0.3) is 0 Å². The Bertz CT molecular complexity index is 965. The van der Waals surface area contributed by atoms with Crippen molar-refractivity contribution < 1.29 is 8.42 Å². The van der Waals surface area contributed by atoms with Crippen LogP contribution in [0.5, 0.6) is 0 Å². The van der Waals surface area contributed by atoms with Crippen LogP contribution in [-0.4, -0.2) is 35.7 Å². The molecule has 0 aliphatic rings. The van der Waals surface area contributed by atoms with Crippen molar-refractivity contribution >= 4 is 21.2 Å². The van der Waals surface area contributed by atoms with E-state index < -0.39 is 9.84 Å². The van der Waals surface area contributed by atoms with Crippen molar-refractivity contribution in [2.75, 3.05) is 12.8 Å². The van der Waals surface area contributed by atoms with Gasteiger partial charge in [0.2, 0.25) is 15.0 Å². The zero-order valence-corrected chi connectivity index (χ0v) is 18.0. The fourth-order valence-electron chi connectivity index (χ4n) is 3.25. The predicted octanol–water partition coefficient (Wildman–Crippen LogP) is 4.00. The van der Waals surface area contributed by atoms with E-state index in [1.165, 1.54) is 11.1 Å². The third-order valence-corrected chi connectivity index (χ3v) is 7.09. The van der Waals surface area contributed by atoms with Crippen LogP contribution in [0.3, 0.4) is 0 Å². The molecule has 0 amide bonds. The minimum Gasteiger partial charge on any atom is -0.318 e. The van der Waals surface area contributed by atoms with E-state index in [1.54, 1.807) is 24.5 Å². The highest BCUT2D eigenvalue weighted by atomic mass is 32.2. The number of imidazole rings is 1. The molecule has 0 fully saturated rings. The van der Waals surface area contributed by atoms with Gasteiger partial charge in [0.15, 0.2) is 0 Å². The van der Waals surface area contributed by atoms with Gasteiger partial charge in [-0.1, -0.05) is 37.3 Å². The monoisotopic (exact) mass is 417 g/mol. The van der Waals surface area contributed by atoms with Crippen LogP contribution in [0.1, 0.15) is 30.2 Å². The second kappa shape index (κ2) is 9.49. The number of aromatic nitrogens is 2. The van der Waals surface area contributed by atoms with Gasteiger partial charge in [-0.15, -0.1) is 0 Å². The molecule has 150 valence electrons. The van der Waals surface area contributed by atoms with E-state index in [0.29, 0.717) is 13.1 Å². The summed E-state index contributed by atoms with van der Waals surface area (Å²) in [5.74, 6) is 0.0624. The zero-order valence-electron chi connectivity index (χ0n) is 16.4. The van der Waals surface area contributed by atoms with Gasteiger partial charge >= 0.3 is 0 Å². The highest BCUT2D eigenvalue weighted by molar-refractivity contribution is 7.91. The van der Waals surface area contributed by atoms with E-state index in [0.717, 1.165) is 25.1 Å². The van der Waals surface area contributed by atoms with Crippen molar-refractivity contribution in [2.24, 2.45) is 0 Å². The van der Waals surface area contributed by atoms with Crippen LogP contribution in [0, 0.1) is 0 Å². The quantitative estimate of drug-likeness (QED) is 0.500. The summed E-state index contributed by atoms with van der Waals surface area (Å²) in [6.07, 6.45) is 3.50. The molecule has 3 aromatic rings. The predicted molar refractivity (Wildman–Crippen MR) is 114 cm³/mol. The maximum absolute atomic E-state index is 12.5. The van der Waals surface area contributed by atoms with E-state index in [4.69, 9.17) is 0 Å². The summed E-state index contributed by atoms with van der Waals surface area (Å²) in [5, 5.41) is 4.41. The van der Waals surface area contributed by atoms with Gasteiger partial charge in [-0.25, -0.2) is 13.4 Å². The molecular formula is C21H27N3O2S2. The molecule has 5 nitrogen and oxygen atoms in total. The molecule has 0 unspecified atom stereocenters. The molecule has 0 saturated carbocycles. The Labute approximate surface area is 171 Å². The van der Waals surface area contributed by atoms with Gasteiger partial charge in [-0.3, -0.25) is 4.90 Å². The number of aryl methyl sites for hydroxylation is 1. The number of sulfone groups is 1. The summed E-state index contributed by atoms with van der Waals surface area (Å²) in [5.41, 5.74) is 3.47.